The van der Waals surface area contributed by atoms with Crippen molar-refractivity contribution >= 4 is 6.03 Å². The van der Waals surface area contributed by atoms with Gasteiger partial charge in [0.2, 0.25) is 0 Å². The second-order valence-corrected chi connectivity index (χ2v) is 4.29. The Morgan fingerprint density at radius 3 is 2.19 bits per heavy atom. The number of hydrogen-bond donors (Lipinski definition) is 1. The summed E-state index contributed by atoms with van der Waals surface area (Å²) in [6.45, 7) is 6.92. The molecule has 16 heavy (non-hydrogen) atoms. The Morgan fingerprint density at radius 1 is 1.25 bits per heavy atom. The van der Waals surface area contributed by atoms with Gasteiger partial charge in [-0.25, -0.2) is 4.79 Å². The van der Waals surface area contributed by atoms with E-state index in [-0.39, 0.29) is 6.03 Å². The topological polar surface area (TPSA) is 32.3 Å². The number of amides is 2. The van der Waals surface area contributed by atoms with Gasteiger partial charge in [0, 0.05) is 20.6 Å². The molecule has 1 rings (SSSR count). The lowest BCUT2D eigenvalue weighted by Gasteiger charge is -2.19. The molecule has 0 fully saturated rings. The third kappa shape index (κ3) is 2.75. The molecule has 0 saturated carbocycles. The first-order valence-corrected chi connectivity index (χ1v) is 5.45. The third-order valence-corrected chi connectivity index (χ3v) is 2.80. The number of urea groups is 1. The van der Waals surface area contributed by atoms with Crippen molar-refractivity contribution < 1.29 is 4.79 Å². The summed E-state index contributed by atoms with van der Waals surface area (Å²) in [4.78, 5) is 13.1. The summed E-state index contributed by atoms with van der Waals surface area (Å²) in [5, 5.41) is 2.62. The Morgan fingerprint density at radius 2 is 1.75 bits per heavy atom. The van der Waals surface area contributed by atoms with Crippen molar-refractivity contribution in [3.8, 4) is 0 Å². The lowest BCUT2D eigenvalue weighted by atomic mass is 9.99. The van der Waals surface area contributed by atoms with E-state index in [9.17, 15) is 4.79 Å². The number of rotatable bonds is 2. The van der Waals surface area contributed by atoms with E-state index in [4.69, 9.17) is 0 Å². The highest BCUT2D eigenvalue weighted by molar-refractivity contribution is 5.73. The van der Waals surface area contributed by atoms with Gasteiger partial charge in [0.15, 0.2) is 0 Å². The molecule has 0 unspecified atom stereocenters. The molecule has 0 radical (unpaired) electrons. The van der Waals surface area contributed by atoms with Gasteiger partial charge in [-0.1, -0.05) is 17.7 Å². The summed E-state index contributed by atoms with van der Waals surface area (Å²) in [6.07, 6.45) is 0. The van der Waals surface area contributed by atoms with Crippen LogP contribution in [0.25, 0.3) is 0 Å². The van der Waals surface area contributed by atoms with E-state index in [0.717, 1.165) is 0 Å². The van der Waals surface area contributed by atoms with Crippen LogP contribution in [-0.4, -0.2) is 25.0 Å². The van der Waals surface area contributed by atoms with Crippen LogP contribution in [-0.2, 0) is 6.54 Å². The molecule has 1 N–H and O–H groups in total. The zero-order valence-corrected chi connectivity index (χ0v) is 10.7. The quantitative estimate of drug-likeness (QED) is 0.815. The number of aryl methyl sites for hydroxylation is 3. The minimum atomic E-state index is -0.0561. The summed E-state index contributed by atoms with van der Waals surface area (Å²) < 4.78 is 0. The smallest absolute Gasteiger partial charge is 0.317 e. The van der Waals surface area contributed by atoms with Crippen LogP contribution in [0, 0.1) is 20.8 Å². The summed E-state index contributed by atoms with van der Waals surface area (Å²) >= 11 is 0. The Labute approximate surface area is 97.5 Å². The molecule has 0 atom stereocenters. The lowest BCUT2D eigenvalue weighted by Crippen LogP contribution is -2.34. The second-order valence-electron chi connectivity index (χ2n) is 4.29. The van der Waals surface area contributed by atoms with Gasteiger partial charge in [0.25, 0.3) is 0 Å². The highest BCUT2D eigenvalue weighted by atomic mass is 16.2. The van der Waals surface area contributed by atoms with Crippen LogP contribution in [0.2, 0.25) is 0 Å². The van der Waals surface area contributed by atoms with Crippen LogP contribution in [0.5, 0.6) is 0 Å². The monoisotopic (exact) mass is 220 g/mol. The first-order chi connectivity index (χ1) is 7.45. The van der Waals surface area contributed by atoms with Gasteiger partial charge in [-0.05, 0) is 37.5 Å². The molecule has 88 valence electrons. The van der Waals surface area contributed by atoms with Gasteiger partial charge in [-0.15, -0.1) is 0 Å². The molecule has 3 heteroatoms. The van der Waals surface area contributed by atoms with E-state index in [0.29, 0.717) is 6.54 Å². The molecule has 0 saturated heterocycles. The minimum Gasteiger partial charge on any atom is -0.341 e. The predicted molar refractivity (Wildman–Crippen MR) is 66.6 cm³/mol. The van der Waals surface area contributed by atoms with Crippen LogP contribution in [0.15, 0.2) is 12.1 Å². The summed E-state index contributed by atoms with van der Waals surface area (Å²) in [5.74, 6) is 0. The second kappa shape index (κ2) is 5.01. The highest BCUT2D eigenvalue weighted by Gasteiger charge is 2.10. The molecule has 0 aliphatic heterocycles. The first kappa shape index (κ1) is 12.6. The van der Waals surface area contributed by atoms with E-state index in [1.807, 2.05) is 0 Å². The molecule has 0 aliphatic rings. The molecule has 1 aromatic carbocycles. The number of benzene rings is 1. The van der Waals surface area contributed by atoms with Gasteiger partial charge in [0.1, 0.15) is 0 Å². The summed E-state index contributed by atoms with van der Waals surface area (Å²) in [7, 11) is 3.45. The minimum absolute atomic E-state index is 0.0561. The SMILES string of the molecule is CNC(=O)N(C)Cc1c(C)cc(C)cc1C. The molecule has 2 amide bonds. The molecular weight excluding hydrogens is 200 g/mol. The average molecular weight is 220 g/mol. The maximum Gasteiger partial charge on any atom is 0.317 e. The molecule has 0 bridgehead atoms. The fourth-order valence-electron chi connectivity index (χ4n) is 1.96. The van der Waals surface area contributed by atoms with Gasteiger partial charge in [-0.3, -0.25) is 0 Å². The standard InChI is InChI=1S/C13H20N2O/c1-9-6-10(2)12(11(3)7-9)8-15(5)13(16)14-4/h6-7H,8H2,1-5H3,(H,14,16). The number of nitrogens with one attached hydrogen (secondary N) is 1. The molecular formula is C13H20N2O. The van der Waals surface area contributed by atoms with Crippen LogP contribution >= 0.6 is 0 Å². The van der Waals surface area contributed by atoms with Crippen LogP contribution < -0.4 is 5.32 Å². The number of carbonyl (C=O) groups is 1. The van der Waals surface area contributed by atoms with Gasteiger partial charge < -0.3 is 10.2 Å². The molecule has 3 nitrogen and oxygen atoms in total. The third-order valence-electron chi connectivity index (χ3n) is 2.80. The zero-order valence-electron chi connectivity index (χ0n) is 10.7. The van der Waals surface area contributed by atoms with Crippen molar-refractivity contribution in [3.05, 3.63) is 34.4 Å². The Bertz CT molecular complexity index is 376. The zero-order chi connectivity index (χ0) is 12.3. The maximum absolute atomic E-state index is 11.4. The lowest BCUT2D eigenvalue weighted by molar-refractivity contribution is 0.209. The van der Waals surface area contributed by atoms with Crippen LogP contribution in [0.4, 0.5) is 4.79 Å². The fourth-order valence-corrected chi connectivity index (χ4v) is 1.96. The average Bonchev–Trinajstić information content (AvgIpc) is 2.21. The van der Waals surface area contributed by atoms with E-state index in [1.54, 1.807) is 19.0 Å². The van der Waals surface area contributed by atoms with E-state index in [2.05, 4.69) is 38.2 Å². The number of carbonyl (C=O) groups excluding carboxylic acids is 1. The number of nitrogens with zero attached hydrogens (tertiary/aromatic N) is 1. The predicted octanol–water partition coefficient (Wildman–Crippen LogP) is 2.38. The first-order valence-electron chi connectivity index (χ1n) is 5.45. The molecule has 0 spiro atoms. The molecule has 0 heterocycles. The van der Waals surface area contributed by atoms with Crippen molar-refractivity contribution in [2.75, 3.05) is 14.1 Å². The Hall–Kier alpha value is -1.51. The van der Waals surface area contributed by atoms with Crippen molar-refractivity contribution in [1.29, 1.82) is 0 Å². The fraction of sp³-hybridized carbons (Fsp3) is 0.462. The van der Waals surface area contributed by atoms with Crippen molar-refractivity contribution in [2.45, 2.75) is 27.3 Å². The van der Waals surface area contributed by atoms with Gasteiger partial charge in [0.05, 0.1) is 0 Å². The van der Waals surface area contributed by atoms with E-state index >= 15 is 0 Å². The van der Waals surface area contributed by atoms with Crippen LogP contribution in [0.3, 0.4) is 0 Å². The Balaban J connectivity index is 2.93. The van der Waals surface area contributed by atoms with Crippen LogP contribution in [0.1, 0.15) is 22.3 Å². The molecule has 1 aromatic rings. The van der Waals surface area contributed by atoms with Crippen molar-refractivity contribution in [1.82, 2.24) is 10.2 Å². The Kier molecular flexibility index (Phi) is 3.93. The van der Waals surface area contributed by atoms with Gasteiger partial charge >= 0.3 is 6.03 Å². The van der Waals surface area contributed by atoms with E-state index in [1.165, 1.54) is 22.3 Å². The van der Waals surface area contributed by atoms with Crippen molar-refractivity contribution in [3.63, 3.8) is 0 Å². The highest BCUT2D eigenvalue weighted by Crippen LogP contribution is 2.17. The summed E-state index contributed by atoms with van der Waals surface area (Å²) in [5.41, 5.74) is 4.99. The molecule has 0 aliphatic carbocycles. The number of hydrogen-bond acceptors (Lipinski definition) is 1. The van der Waals surface area contributed by atoms with Gasteiger partial charge in [-0.2, -0.15) is 0 Å². The largest absolute Gasteiger partial charge is 0.341 e. The van der Waals surface area contributed by atoms with Crippen molar-refractivity contribution in [2.24, 2.45) is 0 Å². The van der Waals surface area contributed by atoms with E-state index < -0.39 is 0 Å². The maximum atomic E-state index is 11.4. The normalized spacial score (nSPS) is 10.1. The molecule has 0 aromatic heterocycles. The summed E-state index contributed by atoms with van der Waals surface area (Å²) in [6, 6.07) is 4.25.